The van der Waals surface area contributed by atoms with Crippen LogP contribution in [0.5, 0.6) is 11.6 Å². The molecule has 0 aliphatic carbocycles. The van der Waals surface area contributed by atoms with E-state index in [0.717, 1.165) is 12.1 Å². The standard InChI is InChI=1S/C14H9F5INO/c15-13(16,8-20)9-1-4-11(5-2-9)22-12-6-3-10(7-21-12)14(17,18)19/h1-7H,8H2. The fourth-order valence-electron chi connectivity index (χ4n) is 1.57. The van der Waals surface area contributed by atoms with Crippen molar-refractivity contribution >= 4 is 22.6 Å². The number of alkyl halides is 6. The summed E-state index contributed by atoms with van der Waals surface area (Å²) in [6.07, 6.45) is -3.83. The molecular formula is C14H9F5INO. The third-order valence-corrected chi connectivity index (χ3v) is 3.69. The molecule has 0 spiro atoms. The van der Waals surface area contributed by atoms with E-state index in [9.17, 15) is 22.0 Å². The topological polar surface area (TPSA) is 22.1 Å². The zero-order chi connectivity index (χ0) is 16.4. The van der Waals surface area contributed by atoms with Gasteiger partial charge in [0.1, 0.15) is 5.75 Å². The molecule has 2 nitrogen and oxygen atoms in total. The number of hydrogen-bond acceptors (Lipinski definition) is 2. The van der Waals surface area contributed by atoms with Gasteiger partial charge in [0.05, 0.1) is 9.99 Å². The van der Waals surface area contributed by atoms with Crippen molar-refractivity contribution in [2.75, 3.05) is 4.43 Å². The molecule has 1 aromatic heterocycles. The number of hydrogen-bond donors (Lipinski definition) is 0. The van der Waals surface area contributed by atoms with Crippen LogP contribution in [0, 0.1) is 0 Å². The van der Waals surface area contributed by atoms with Crippen molar-refractivity contribution in [3.8, 4) is 11.6 Å². The zero-order valence-electron chi connectivity index (χ0n) is 10.9. The van der Waals surface area contributed by atoms with Gasteiger partial charge in [-0.15, -0.1) is 0 Å². The summed E-state index contributed by atoms with van der Waals surface area (Å²) in [4.78, 5) is 3.54. The summed E-state index contributed by atoms with van der Waals surface area (Å²) in [7, 11) is 0. The molecule has 0 radical (unpaired) electrons. The first-order valence-corrected chi connectivity index (χ1v) is 7.50. The summed E-state index contributed by atoms with van der Waals surface area (Å²) in [5.74, 6) is -2.78. The molecule has 22 heavy (non-hydrogen) atoms. The Morgan fingerprint density at radius 2 is 1.50 bits per heavy atom. The van der Waals surface area contributed by atoms with Crippen molar-refractivity contribution in [3.63, 3.8) is 0 Å². The lowest BCUT2D eigenvalue weighted by Gasteiger charge is -2.14. The third-order valence-electron chi connectivity index (χ3n) is 2.73. The highest BCUT2D eigenvalue weighted by atomic mass is 127. The normalized spacial score (nSPS) is 12.3. The molecule has 0 N–H and O–H groups in total. The molecule has 1 heterocycles. The summed E-state index contributed by atoms with van der Waals surface area (Å²) in [6, 6.07) is 6.94. The number of pyridine rings is 1. The largest absolute Gasteiger partial charge is 0.439 e. The molecule has 0 amide bonds. The molecule has 0 unspecified atom stereocenters. The van der Waals surface area contributed by atoms with E-state index in [-0.39, 0.29) is 21.6 Å². The molecule has 0 aliphatic rings. The molecule has 0 saturated carbocycles. The van der Waals surface area contributed by atoms with Crippen molar-refractivity contribution < 1.29 is 26.7 Å². The molecule has 118 valence electrons. The Morgan fingerprint density at radius 3 is 1.95 bits per heavy atom. The van der Waals surface area contributed by atoms with Gasteiger partial charge >= 0.3 is 6.18 Å². The van der Waals surface area contributed by atoms with Gasteiger partial charge in [-0.25, -0.2) is 13.8 Å². The molecule has 2 aromatic rings. The molecule has 0 aliphatic heterocycles. The third kappa shape index (κ3) is 4.05. The summed E-state index contributed by atoms with van der Waals surface area (Å²) in [6.45, 7) is 0. The molecule has 0 fully saturated rings. The van der Waals surface area contributed by atoms with Crippen LogP contribution in [-0.2, 0) is 12.1 Å². The van der Waals surface area contributed by atoms with Crippen LogP contribution in [-0.4, -0.2) is 9.41 Å². The predicted octanol–water partition coefficient (Wildman–Crippen LogP) is 5.42. The summed E-state index contributed by atoms with van der Waals surface area (Å²) < 4.78 is 68.9. The van der Waals surface area contributed by atoms with E-state index >= 15 is 0 Å². The molecule has 1 aromatic carbocycles. The maximum absolute atomic E-state index is 13.4. The first-order valence-electron chi connectivity index (χ1n) is 5.98. The number of nitrogens with zero attached hydrogens (tertiary/aromatic N) is 1. The molecule has 0 atom stereocenters. The Hall–Kier alpha value is -1.45. The van der Waals surface area contributed by atoms with E-state index in [0.29, 0.717) is 6.20 Å². The van der Waals surface area contributed by atoms with Crippen molar-refractivity contribution in [1.82, 2.24) is 4.98 Å². The lowest BCUT2D eigenvalue weighted by molar-refractivity contribution is -0.137. The lowest BCUT2D eigenvalue weighted by Crippen LogP contribution is -2.14. The van der Waals surface area contributed by atoms with E-state index in [2.05, 4.69) is 4.98 Å². The van der Waals surface area contributed by atoms with Crippen LogP contribution < -0.4 is 4.74 Å². The van der Waals surface area contributed by atoms with Crippen molar-refractivity contribution in [2.24, 2.45) is 0 Å². The van der Waals surface area contributed by atoms with Crippen LogP contribution in [0.3, 0.4) is 0 Å². The number of ether oxygens (including phenoxy) is 1. The highest BCUT2D eigenvalue weighted by Gasteiger charge is 2.31. The second kappa shape index (κ2) is 6.35. The van der Waals surface area contributed by atoms with Crippen LogP contribution in [0.1, 0.15) is 11.1 Å². The Morgan fingerprint density at radius 1 is 0.909 bits per heavy atom. The quantitative estimate of drug-likeness (QED) is 0.368. The maximum Gasteiger partial charge on any atom is 0.417 e. The molecule has 0 bridgehead atoms. The molecule has 8 heteroatoms. The number of rotatable bonds is 4. The Balaban J connectivity index is 2.11. The smallest absolute Gasteiger partial charge is 0.417 e. The second-order valence-electron chi connectivity index (χ2n) is 4.35. The predicted molar refractivity (Wildman–Crippen MR) is 78.5 cm³/mol. The molecule has 2 rings (SSSR count). The number of halogens is 6. The zero-order valence-corrected chi connectivity index (χ0v) is 13.0. The number of benzene rings is 1. The first kappa shape index (κ1) is 16.9. The Labute approximate surface area is 136 Å². The van der Waals surface area contributed by atoms with Crippen LogP contribution in [0.25, 0.3) is 0 Å². The second-order valence-corrected chi connectivity index (χ2v) is 5.11. The SMILES string of the molecule is FC(F)(F)c1ccc(Oc2ccc(C(F)(F)CI)cc2)nc1. The summed E-state index contributed by atoms with van der Waals surface area (Å²) >= 11 is 1.59. The van der Waals surface area contributed by atoms with Gasteiger partial charge in [0.15, 0.2) is 0 Å². The van der Waals surface area contributed by atoms with Crippen LogP contribution in [0.4, 0.5) is 22.0 Å². The Bertz CT molecular complexity index is 625. The monoisotopic (exact) mass is 429 g/mol. The fourth-order valence-corrected chi connectivity index (χ4v) is 2.01. The summed E-state index contributed by atoms with van der Waals surface area (Å²) in [5, 5.41) is 0. The van der Waals surface area contributed by atoms with E-state index in [1.165, 1.54) is 24.3 Å². The van der Waals surface area contributed by atoms with Gasteiger partial charge in [-0.3, -0.25) is 0 Å². The molecule has 0 saturated heterocycles. The average molecular weight is 429 g/mol. The van der Waals surface area contributed by atoms with Crippen molar-refractivity contribution in [2.45, 2.75) is 12.1 Å². The van der Waals surface area contributed by atoms with Crippen molar-refractivity contribution in [3.05, 3.63) is 53.7 Å². The van der Waals surface area contributed by atoms with Crippen molar-refractivity contribution in [1.29, 1.82) is 0 Å². The first-order chi connectivity index (χ1) is 10.2. The van der Waals surface area contributed by atoms with Crippen LogP contribution >= 0.6 is 22.6 Å². The van der Waals surface area contributed by atoms with Gasteiger partial charge in [-0.2, -0.15) is 13.2 Å². The van der Waals surface area contributed by atoms with Gasteiger partial charge < -0.3 is 4.74 Å². The molecular weight excluding hydrogens is 420 g/mol. The van der Waals surface area contributed by atoms with Crippen LogP contribution in [0.15, 0.2) is 42.6 Å². The minimum Gasteiger partial charge on any atom is -0.439 e. The minimum atomic E-state index is -4.47. The summed E-state index contributed by atoms with van der Waals surface area (Å²) in [5.41, 5.74) is -1.05. The number of aromatic nitrogens is 1. The minimum absolute atomic E-state index is 0.0543. The van der Waals surface area contributed by atoms with E-state index < -0.39 is 17.7 Å². The van der Waals surface area contributed by atoms with Gasteiger partial charge in [0.2, 0.25) is 5.88 Å². The van der Waals surface area contributed by atoms with Gasteiger partial charge in [0, 0.05) is 17.8 Å². The lowest BCUT2D eigenvalue weighted by atomic mass is 10.1. The average Bonchev–Trinajstić information content (AvgIpc) is 2.47. The Kier molecular flexibility index (Phi) is 4.88. The van der Waals surface area contributed by atoms with Crippen LogP contribution in [0.2, 0.25) is 0 Å². The van der Waals surface area contributed by atoms with Gasteiger partial charge in [0.25, 0.3) is 5.92 Å². The van der Waals surface area contributed by atoms with E-state index in [1.807, 2.05) is 0 Å². The van der Waals surface area contributed by atoms with E-state index in [4.69, 9.17) is 4.74 Å². The highest BCUT2D eigenvalue weighted by Crippen LogP contribution is 2.32. The van der Waals surface area contributed by atoms with E-state index in [1.54, 1.807) is 22.6 Å². The maximum atomic E-state index is 13.4. The fraction of sp³-hybridized carbons (Fsp3) is 0.214. The highest BCUT2D eigenvalue weighted by molar-refractivity contribution is 14.1. The van der Waals surface area contributed by atoms with Gasteiger partial charge in [-0.05, 0) is 30.3 Å². The van der Waals surface area contributed by atoms with Gasteiger partial charge in [-0.1, -0.05) is 22.6 Å².